The second kappa shape index (κ2) is 6.78. The molecule has 1 aromatic carbocycles. The molecule has 5 nitrogen and oxygen atoms in total. The van der Waals surface area contributed by atoms with E-state index in [9.17, 15) is 9.59 Å². The van der Waals surface area contributed by atoms with E-state index in [0.29, 0.717) is 10.6 Å². The van der Waals surface area contributed by atoms with Crippen molar-refractivity contribution in [3.05, 3.63) is 40.3 Å². The van der Waals surface area contributed by atoms with Crippen LogP contribution in [-0.2, 0) is 17.6 Å². The van der Waals surface area contributed by atoms with Crippen LogP contribution < -0.4 is 11.1 Å². The monoisotopic (exact) mass is 389 g/mol. The van der Waals surface area contributed by atoms with Gasteiger partial charge >= 0.3 is 0 Å². The molecule has 3 N–H and O–H groups in total. The topological polar surface area (TPSA) is 85.1 Å². The normalized spacial score (nSPS) is 13.1. The SMILES string of the molecule is NC(=O)c1c(NC(=O)CSc2nc3ccccc3s2)sc2c1CCC2. The molecule has 0 atom stereocenters. The minimum atomic E-state index is -0.464. The summed E-state index contributed by atoms with van der Waals surface area (Å²) in [4.78, 5) is 29.7. The van der Waals surface area contributed by atoms with Crippen molar-refractivity contribution in [3.8, 4) is 0 Å². The zero-order valence-corrected chi connectivity index (χ0v) is 15.7. The molecule has 128 valence electrons. The van der Waals surface area contributed by atoms with Gasteiger partial charge in [0.2, 0.25) is 5.91 Å². The number of thiophene rings is 1. The number of nitrogens with two attached hydrogens (primary N) is 1. The maximum Gasteiger partial charge on any atom is 0.251 e. The summed E-state index contributed by atoms with van der Waals surface area (Å²) in [7, 11) is 0. The Balaban J connectivity index is 1.45. The fourth-order valence-corrected chi connectivity index (χ4v) is 6.14. The van der Waals surface area contributed by atoms with Crippen LogP contribution in [0.1, 0.15) is 27.2 Å². The molecule has 1 aliphatic rings. The number of aromatic nitrogens is 1. The highest BCUT2D eigenvalue weighted by molar-refractivity contribution is 8.01. The highest BCUT2D eigenvalue weighted by Gasteiger charge is 2.26. The average Bonchev–Trinajstić information content (AvgIpc) is 3.25. The number of hydrogen-bond donors (Lipinski definition) is 2. The number of rotatable bonds is 5. The molecule has 8 heteroatoms. The van der Waals surface area contributed by atoms with Crippen LogP contribution in [0.15, 0.2) is 28.6 Å². The summed E-state index contributed by atoms with van der Waals surface area (Å²) in [6.45, 7) is 0. The van der Waals surface area contributed by atoms with E-state index in [-0.39, 0.29) is 11.7 Å². The second-order valence-corrected chi connectivity index (χ2v) is 9.07. The predicted molar refractivity (Wildman–Crippen MR) is 104 cm³/mol. The third-order valence-electron chi connectivity index (χ3n) is 4.02. The first-order valence-electron chi connectivity index (χ1n) is 7.84. The quantitative estimate of drug-likeness (QED) is 0.652. The van der Waals surface area contributed by atoms with Gasteiger partial charge in [0.05, 0.1) is 21.5 Å². The summed E-state index contributed by atoms with van der Waals surface area (Å²) >= 11 is 4.45. The number of anilines is 1. The Morgan fingerprint density at radius 1 is 1.24 bits per heavy atom. The van der Waals surface area contributed by atoms with Gasteiger partial charge in [-0.2, -0.15) is 0 Å². The summed E-state index contributed by atoms with van der Waals surface area (Å²) in [5.74, 6) is -0.360. The number of fused-ring (bicyclic) bond motifs is 2. The zero-order chi connectivity index (χ0) is 17.4. The number of aryl methyl sites for hydroxylation is 1. The van der Waals surface area contributed by atoms with Crippen molar-refractivity contribution in [1.82, 2.24) is 4.98 Å². The first kappa shape index (κ1) is 16.6. The van der Waals surface area contributed by atoms with Crippen molar-refractivity contribution in [2.24, 2.45) is 5.73 Å². The molecular formula is C17H15N3O2S3. The van der Waals surface area contributed by atoms with Gasteiger partial charge in [0.15, 0.2) is 4.34 Å². The summed E-state index contributed by atoms with van der Waals surface area (Å²) < 4.78 is 1.97. The molecule has 4 rings (SSSR count). The highest BCUT2D eigenvalue weighted by atomic mass is 32.2. The second-order valence-electron chi connectivity index (χ2n) is 5.71. The van der Waals surface area contributed by atoms with Crippen LogP contribution in [0.25, 0.3) is 10.2 Å². The summed E-state index contributed by atoms with van der Waals surface area (Å²) in [6, 6.07) is 7.90. The van der Waals surface area contributed by atoms with Gasteiger partial charge in [-0.25, -0.2) is 4.98 Å². The van der Waals surface area contributed by atoms with Crippen LogP contribution in [0, 0.1) is 0 Å². The number of nitrogens with zero attached hydrogens (tertiary/aromatic N) is 1. The van der Waals surface area contributed by atoms with Crippen molar-refractivity contribution >= 4 is 61.5 Å². The molecule has 2 heterocycles. The number of amides is 2. The number of carbonyl (C=O) groups excluding carboxylic acids is 2. The predicted octanol–water partition coefficient (Wildman–Crippen LogP) is 3.68. The van der Waals surface area contributed by atoms with Crippen molar-refractivity contribution in [1.29, 1.82) is 0 Å². The van der Waals surface area contributed by atoms with E-state index < -0.39 is 5.91 Å². The van der Waals surface area contributed by atoms with Gasteiger partial charge < -0.3 is 11.1 Å². The average molecular weight is 390 g/mol. The number of nitrogens with one attached hydrogen (secondary N) is 1. The Hall–Kier alpha value is -1.90. The van der Waals surface area contributed by atoms with Crippen LogP contribution in [0.4, 0.5) is 5.00 Å². The van der Waals surface area contributed by atoms with Gasteiger partial charge in [0.1, 0.15) is 5.00 Å². The van der Waals surface area contributed by atoms with Gasteiger partial charge in [-0.05, 0) is 37.0 Å². The van der Waals surface area contributed by atoms with E-state index in [2.05, 4.69) is 10.3 Å². The molecule has 2 aromatic heterocycles. The summed E-state index contributed by atoms with van der Waals surface area (Å²) in [6.07, 6.45) is 2.86. The lowest BCUT2D eigenvalue weighted by atomic mass is 10.1. The van der Waals surface area contributed by atoms with Crippen LogP contribution in [0.2, 0.25) is 0 Å². The molecule has 0 radical (unpaired) electrons. The van der Waals surface area contributed by atoms with Crippen LogP contribution in [0.5, 0.6) is 0 Å². The van der Waals surface area contributed by atoms with Gasteiger partial charge in [-0.3, -0.25) is 9.59 Å². The Bertz CT molecular complexity index is 944. The maximum atomic E-state index is 12.3. The molecule has 0 saturated carbocycles. The molecular weight excluding hydrogens is 374 g/mol. The van der Waals surface area contributed by atoms with E-state index in [4.69, 9.17) is 5.73 Å². The van der Waals surface area contributed by atoms with E-state index >= 15 is 0 Å². The number of primary amides is 1. The number of hydrogen-bond acceptors (Lipinski definition) is 6. The van der Waals surface area contributed by atoms with Crippen LogP contribution in [-0.4, -0.2) is 22.6 Å². The molecule has 0 fully saturated rings. The Kier molecular flexibility index (Phi) is 4.49. The number of benzene rings is 1. The fraction of sp³-hybridized carbons (Fsp3) is 0.235. The van der Waals surface area contributed by atoms with Crippen LogP contribution in [0.3, 0.4) is 0 Å². The smallest absolute Gasteiger partial charge is 0.251 e. The molecule has 0 saturated heterocycles. The first-order valence-corrected chi connectivity index (χ1v) is 10.5. The zero-order valence-electron chi connectivity index (χ0n) is 13.2. The molecule has 0 unspecified atom stereocenters. The van der Waals surface area contributed by atoms with Crippen molar-refractivity contribution in [2.75, 3.05) is 11.1 Å². The van der Waals surface area contributed by atoms with Gasteiger partial charge in [0.25, 0.3) is 5.91 Å². The lowest BCUT2D eigenvalue weighted by Gasteiger charge is -2.05. The lowest BCUT2D eigenvalue weighted by Crippen LogP contribution is -2.18. The van der Waals surface area contributed by atoms with Crippen molar-refractivity contribution in [2.45, 2.75) is 23.6 Å². The Morgan fingerprint density at radius 3 is 2.88 bits per heavy atom. The summed E-state index contributed by atoms with van der Waals surface area (Å²) in [5, 5.41) is 3.45. The minimum absolute atomic E-state index is 0.147. The Morgan fingerprint density at radius 2 is 2.08 bits per heavy atom. The minimum Gasteiger partial charge on any atom is -0.365 e. The van der Waals surface area contributed by atoms with Gasteiger partial charge in [0, 0.05) is 4.88 Å². The van der Waals surface area contributed by atoms with E-state index in [1.165, 1.54) is 28.0 Å². The van der Waals surface area contributed by atoms with Gasteiger partial charge in [-0.1, -0.05) is 23.9 Å². The van der Waals surface area contributed by atoms with Crippen molar-refractivity contribution in [3.63, 3.8) is 0 Å². The lowest BCUT2D eigenvalue weighted by molar-refractivity contribution is -0.113. The van der Waals surface area contributed by atoms with E-state index in [0.717, 1.165) is 39.4 Å². The molecule has 1 aliphatic carbocycles. The Labute approximate surface area is 156 Å². The van der Waals surface area contributed by atoms with Gasteiger partial charge in [-0.15, -0.1) is 22.7 Å². The molecule has 2 amide bonds. The third-order valence-corrected chi connectivity index (χ3v) is 7.41. The number of thiazole rings is 1. The highest BCUT2D eigenvalue weighted by Crippen LogP contribution is 2.39. The van der Waals surface area contributed by atoms with Crippen molar-refractivity contribution < 1.29 is 9.59 Å². The van der Waals surface area contributed by atoms with E-state index in [1.54, 1.807) is 11.3 Å². The first-order chi connectivity index (χ1) is 12.1. The molecule has 0 bridgehead atoms. The molecule has 0 aliphatic heterocycles. The van der Waals surface area contributed by atoms with Crippen LogP contribution >= 0.6 is 34.4 Å². The molecule has 3 aromatic rings. The molecule has 25 heavy (non-hydrogen) atoms. The summed E-state index contributed by atoms with van der Waals surface area (Å²) in [5.41, 5.74) is 7.98. The number of carbonyl (C=O) groups is 2. The fourth-order valence-electron chi connectivity index (χ4n) is 2.96. The molecule has 0 spiro atoms. The maximum absolute atomic E-state index is 12.3. The standard InChI is InChI=1S/C17H15N3O2S3/c18-15(22)14-9-4-3-7-11(9)24-16(14)20-13(21)8-23-17-19-10-5-1-2-6-12(10)25-17/h1-2,5-6H,3-4,7-8H2,(H2,18,22)(H,20,21). The number of para-hydroxylation sites is 1. The number of thioether (sulfide) groups is 1. The van der Waals surface area contributed by atoms with E-state index in [1.807, 2.05) is 24.3 Å². The largest absolute Gasteiger partial charge is 0.365 e. The third kappa shape index (κ3) is 3.29.